The van der Waals surface area contributed by atoms with Crippen LogP contribution in [-0.2, 0) is 13.6 Å². The normalized spacial score (nSPS) is 11.6. The molecule has 112 valence electrons. The Kier molecular flexibility index (Phi) is 6.19. The second-order valence-corrected chi connectivity index (χ2v) is 5.07. The molecule has 1 aromatic heterocycles. The number of aromatic nitrogens is 2. The Balaban J connectivity index is 1.93. The largest absolute Gasteiger partial charge is 0.396 e. The molecule has 1 heterocycles. The molecule has 4 heteroatoms. The van der Waals surface area contributed by atoms with E-state index < -0.39 is 0 Å². The second kappa shape index (κ2) is 8.39. The van der Waals surface area contributed by atoms with Gasteiger partial charge >= 0.3 is 0 Å². The van der Waals surface area contributed by atoms with Crippen LogP contribution in [-0.4, -0.2) is 39.5 Å². The van der Waals surface area contributed by atoms with Gasteiger partial charge in [0.25, 0.3) is 0 Å². The van der Waals surface area contributed by atoms with Gasteiger partial charge in [0.2, 0.25) is 0 Å². The van der Waals surface area contributed by atoms with Crippen LogP contribution in [0.1, 0.15) is 17.7 Å². The van der Waals surface area contributed by atoms with E-state index in [4.69, 9.17) is 5.11 Å². The molecule has 0 atom stereocenters. The number of rotatable bonds is 8. The van der Waals surface area contributed by atoms with Crippen molar-refractivity contribution in [1.29, 1.82) is 0 Å². The van der Waals surface area contributed by atoms with Crippen LogP contribution in [0.2, 0.25) is 0 Å². The SMILES string of the molecule is Cn1nccc1CN(C/C=C/c1ccccc1)CCCO. The number of aliphatic hydroxyl groups excluding tert-OH is 1. The van der Waals surface area contributed by atoms with E-state index >= 15 is 0 Å². The highest BCUT2D eigenvalue weighted by atomic mass is 16.3. The van der Waals surface area contributed by atoms with Crippen molar-refractivity contribution >= 4 is 6.08 Å². The second-order valence-electron chi connectivity index (χ2n) is 5.07. The van der Waals surface area contributed by atoms with Crippen LogP contribution in [0, 0.1) is 0 Å². The van der Waals surface area contributed by atoms with E-state index in [-0.39, 0.29) is 6.61 Å². The van der Waals surface area contributed by atoms with Crippen LogP contribution in [0.25, 0.3) is 6.08 Å². The van der Waals surface area contributed by atoms with Crippen molar-refractivity contribution in [3.63, 3.8) is 0 Å². The first-order valence-corrected chi connectivity index (χ1v) is 7.31. The average molecular weight is 285 g/mol. The summed E-state index contributed by atoms with van der Waals surface area (Å²) >= 11 is 0. The fraction of sp³-hybridized carbons (Fsp3) is 0.353. The molecule has 0 bridgehead atoms. The highest BCUT2D eigenvalue weighted by molar-refractivity contribution is 5.48. The van der Waals surface area contributed by atoms with E-state index in [1.165, 1.54) is 11.3 Å². The molecular formula is C17H23N3O. The highest BCUT2D eigenvalue weighted by Gasteiger charge is 2.06. The molecule has 2 aromatic rings. The Hall–Kier alpha value is -1.91. The van der Waals surface area contributed by atoms with Gasteiger partial charge in [-0.15, -0.1) is 0 Å². The number of hydrogen-bond acceptors (Lipinski definition) is 3. The minimum Gasteiger partial charge on any atom is -0.396 e. The third-order valence-electron chi connectivity index (χ3n) is 3.41. The molecule has 0 aliphatic rings. The maximum atomic E-state index is 9.04. The summed E-state index contributed by atoms with van der Waals surface area (Å²) in [5, 5.41) is 13.2. The third-order valence-corrected chi connectivity index (χ3v) is 3.41. The zero-order valence-corrected chi connectivity index (χ0v) is 12.5. The molecule has 0 amide bonds. The molecule has 0 aliphatic heterocycles. The minimum atomic E-state index is 0.226. The summed E-state index contributed by atoms with van der Waals surface area (Å²) in [6.07, 6.45) is 6.91. The van der Waals surface area contributed by atoms with Crippen LogP contribution in [0.5, 0.6) is 0 Å². The molecular weight excluding hydrogens is 262 g/mol. The molecule has 0 fully saturated rings. The summed E-state index contributed by atoms with van der Waals surface area (Å²) in [6.45, 7) is 2.81. The Bertz CT molecular complexity index is 548. The van der Waals surface area contributed by atoms with E-state index in [0.717, 1.165) is 26.1 Å². The lowest BCUT2D eigenvalue weighted by Crippen LogP contribution is -2.26. The summed E-state index contributed by atoms with van der Waals surface area (Å²) < 4.78 is 1.90. The van der Waals surface area contributed by atoms with Crippen molar-refractivity contribution in [2.45, 2.75) is 13.0 Å². The van der Waals surface area contributed by atoms with E-state index in [1.807, 2.05) is 42.2 Å². The van der Waals surface area contributed by atoms with Crippen LogP contribution in [0.3, 0.4) is 0 Å². The van der Waals surface area contributed by atoms with Crippen molar-refractivity contribution in [2.24, 2.45) is 7.05 Å². The smallest absolute Gasteiger partial charge is 0.0521 e. The van der Waals surface area contributed by atoms with E-state index in [2.05, 4.69) is 34.3 Å². The topological polar surface area (TPSA) is 41.3 Å². The molecule has 0 saturated heterocycles. The zero-order valence-electron chi connectivity index (χ0n) is 12.5. The minimum absolute atomic E-state index is 0.226. The van der Waals surface area contributed by atoms with Crippen molar-refractivity contribution in [2.75, 3.05) is 19.7 Å². The standard InChI is InChI=1S/C17H23N3O/c1-19-17(10-11-18-19)15-20(13-6-14-21)12-5-9-16-7-3-2-4-8-16/h2-5,7-11,21H,6,12-15H2,1H3/b9-5+. The molecule has 0 spiro atoms. The fourth-order valence-corrected chi connectivity index (χ4v) is 2.22. The molecule has 1 aromatic carbocycles. The van der Waals surface area contributed by atoms with Gasteiger partial charge in [-0.2, -0.15) is 5.10 Å². The first-order valence-electron chi connectivity index (χ1n) is 7.31. The lowest BCUT2D eigenvalue weighted by Gasteiger charge is -2.20. The van der Waals surface area contributed by atoms with Crippen molar-refractivity contribution in [1.82, 2.24) is 14.7 Å². The van der Waals surface area contributed by atoms with E-state index in [9.17, 15) is 0 Å². The lowest BCUT2D eigenvalue weighted by atomic mass is 10.2. The van der Waals surface area contributed by atoms with Crippen molar-refractivity contribution < 1.29 is 5.11 Å². The van der Waals surface area contributed by atoms with Gasteiger partial charge < -0.3 is 5.11 Å². The summed E-state index contributed by atoms with van der Waals surface area (Å²) in [7, 11) is 1.96. The van der Waals surface area contributed by atoms with Crippen LogP contribution < -0.4 is 0 Å². The fourth-order valence-electron chi connectivity index (χ4n) is 2.22. The van der Waals surface area contributed by atoms with Crippen molar-refractivity contribution in [3.05, 3.63) is 59.9 Å². The summed E-state index contributed by atoms with van der Waals surface area (Å²) in [6, 6.07) is 12.3. The zero-order chi connectivity index (χ0) is 14.9. The Labute approximate surface area is 126 Å². The Morgan fingerprint density at radius 3 is 2.71 bits per heavy atom. The molecule has 21 heavy (non-hydrogen) atoms. The average Bonchev–Trinajstić information content (AvgIpc) is 2.91. The van der Waals surface area contributed by atoms with Crippen LogP contribution in [0.15, 0.2) is 48.7 Å². The Morgan fingerprint density at radius 2 is 2.05 bits per heavy atom. The Morgan fingerprint density at radius 1 is 1.24 bits per heavy atom. The third kappa shape index (κ3) is 5.17. The molecule has 0 saturated carbocycles. The first-order chi connectivity index (χ1) is 10.3. The summed E-state index contributed by atoms with van der Waals surface area (Å²) in [4.78, 5) is 2.31. The quantitative estimate of drug-likeness (QED) is 0.809. The number of aryl methyl sites for hydroxylation is 1. The number of benzene rings is 1. The predicted octanol–water partition coefficient (Wildman–Crippen LogP) is 2.32. The predicted molar refractivity (Wildman–Crippen MR) is 85.7 cm³/mol. The number of nitrogens with zero attached hydrogens (tertiary/aromatic N) is 3. The molecule has 1 N–H and O–H groups in total. The van der Waals surface area contributed by atoms with Gasteiger partial charge in [0.05, 0.1) is 5.69 Å². The monoisotopic (exact) mass is 285 g/mol. The van der Waals surface area contributed by atoms with E-state index in [1.54, 1.807) is 0 Å². The maximum Gasteiger partial charge on any atom is 0.0521 e. The molecule has 0 radical (unpaired) electrons. The first kappa shape index (κ1) is 15.5. The summed E-state index contributed by atoms with van der Waals surface area (Å²) in [5.41, 5.74) is 2.39. The van der Waals surface area contributed by atoms with Crippen LogP contribution in [0.4, 0.5) is 0 Å². The van der Waals surface area contributed by atoms with Gasteiger partial charge in [-0.3, -0.25) is 9.58 Å². The molecule has 4 nitrogen and oxygen atoms in total. The van der Waals surface area contributed by atoms with Crippen molar-refractivity contribution in [3.8, 4) is 0 Å². The van der Waals surface area contributed by atoms with Gasteiger partial charge in [0, 0.05) is 39.5 Å². The number of hydrogen-bond donors (Lipinski definition) is 1. The van der Waals surface area contributed by atoms with E-state index in [0.29, 0.717) is 0 Å². The summed E-state index contributed by atoms with van der Waals surface area (Å²) in [5.74, 6) is 0. The van der Waals surface area contributed by atoms with Gasteiger partial charge in [0.1, 0.15) is 0 Å². The van der Waals surface area contributed by atoms with Gasteiger partial charge in [-0.05, 0) is 18.1 Å². The highest BCUT2D eigenvalue weighted by Crippen LogP contribution is 2.06. The van der Waals surface area contributed by atoms with Gasteiger partial charge in [0.15, 0.2) is 0 Å². The molecule has 2 rings (SSSR count). The number of aliphatic hydroxyl groups is 1. The van der Waals surface area contributed by atoms with Crippen LogP contribution >= 0.6 is 0 Å². The van der Waals surface area contributed by atoms with Gasteiger partial charge in [-0.1, -0.05) is 42.5 Å². The molecule has 0 unspecified atom stereocenters. The maximum absolute atomic E-state index is 9.04. The molecule has 0 aliphatic carbocycles. The van der Waals surface area contributed by atoms with Gasteiger partial charge in [-0.25, -0.2) is 0 Å². The lowest BCUT2D eigenvalue weighted by molar-refractivity contribution is 0.229.